The second-order valence-electron chi connectivity index (χ2n) is 6.78. The highest BCUT2D eigenvalue weighted by Crippen LogP contribution is 2.25. The number of thiophene rings is 1. The zero-order valence-electron chi connectivity index (χ0n) is 15.4. The van der Waals surface area contributed by atoms with Crippen LogP contribution in [0.3, 0.4) is 0 Å². The van der Waals surface area contributed by atoms with Crippen LogP contribution in [0.4, 0.5) is 4.39 Å². The Morgan fingerprint density at radius 1 is 1.26 bits per heavy atom. The van der Waals surface area contributed by atoms with Gasteiger partial charge in [0.25, 0.3) is 0 Å². The molecule has 2 atom stereocenters. The lowest BCUT2D eigenvalue weighted by molar-refractivity contribution is -0.146. The standard InChI is InChI=1S/C20H23FN2O3S/c1-13-3-8-17(27-13)12-23-11-16(10-18(23)20(25)26-2)22-19(24)9-14-4-6-15(21)7-5-14/h3-8,16,18H,9-12H2,1-2H3,(H,22,24)/t16-,18-/m0/s1. The Labute approximate surface area is 162 Å². The minimum Gasteiger partial charge on any atom is -0.468 e. The summed E-state index contributed by atoms with van der Waals surface area (Å²) in [6.07, 6.45) is 0.704. The van der Waals surface area contributed by atoms with E-state index in [1.165, 1.54) is 29.0 Å². The average molecular weight is 390 g/mol. The maximum Gasteiger partial charge on any atom is 0.323 e. The van der Waals surface area contributed by atoms with E-state index in [-0.39, 0.29) is 36.2 Å². The molecule has 0 aliphatic carbocycles. The van der Waals surface area contributed by atoms with E-state index in [1.54, 1.807) is 23.5 Å². The number of benzene rings is 1. The Morgan fingerprint density at radius 2 is 2.00 bits per heavy atom. The van der Waals surface area contributed by atoms with Crippen LogP contribution in [0.15, 0.2) is 36.4 Å². The summed E-state index contributed by atoms with van der Waals surface area (Å²) in [4.78, 5) is 29.0. The fourth-order valence-electron chi connectivity index (χ4n) is 3.40. The number of aryl methyl sites for hydroxylation is 1. The predicted octanol–water partition coefficient (Wildman–Crippen LogP) is 2.67. The average Bonchev–Trinajstić information content (AvgIpc) is 3.22. The number of esters is 1. The number of nitrogens with zero attached hydrogens (tertiary/aromatic N) is 1. The third-order valence-corrected chi connectivity index (χ3v) is 5.66. The number of ether oxygens (including phenoxy) is 1. The summed E-state index contributed by atoms with van der Waals surface area (Å²) in [5.74, 6) is -0.738. The van der Waals surface area contributed by atoms with Crippen molar-refractivity contribution in [3.05, 3.63) is 57.5 Å². The largest absolute Gasteiger partial charge is 0.468 e. The second kappa shape index (κ2) is 8.63. The minimum absolute atomic E-state index is 0.122. The molecule has 3 rings (SSSR count). The number of halogens is 1. The highest BCUT2D eigenvalue weighted by molar-refractivity contribution is 7.11. The predicted molar refractivity (Wildman–Crippen MR) is 102 cm³/mol. The van der Waals surface area contributed by atoms with E-state index >= 15 is 0 Å². The number of rotatable bonds is 6. The van der Waals surface area contributed by atoms with Gasteiger partial charge in [0.15, 0.2) is 0 Å². The minimum atomic E-state index is -0.367. The van der Waals surface area contributed by atoms with Gasteiger partial charge in [-0.2, -0.15) is 0 Å². The van der Waals surface area contributed by atoms with Gasteiger partial charge in [-0.05, 0) is 43.2 Å². The van der Waals surface area contributed by atoms with Gasteiger partial charge in [-0.3, -0.25) is 14.5 Å². The molecule has 1 aromatic carbocycles. The van der Waals surface area contributed by atoms with E-state index in [0.717, 1.165) is 5.56 Å². The van der Waals surface area contributed by atoms with Crippen LogP contribution in [0.25, 0.3) is 0 Å². The summed E-state index contributed by atoms with van der Waals surface area (Å²) in [6.45, 7) is 3.29. The van der Waals surface area contributed by atoms with E-state index < -0.39 is 0 Å². The molecular formula is C20H23FN2O3S. The highest BCUT2D eigenvalue weighted by Gasteiger charge is 2.38. The maximum absolute atomic E-state index is 13.0. The molecule has 1 fully saturated rings. The SMILES string of the molecule is COC(=O)[C@@H]1C[C@H](NC(=O)Cc2ccc(F)cc2)CN1Cc1ccc(C)s1. The van der Waals surface area contributed by atoms with Crippen molar-refractivity contribution in [2.75, 3.05) is 13.7 Å². The number of likely N-dealkylation sites (tertiary alicyclic amines) is 1. The quantitative estimate of drug-likeness (QED) is 0.771. The fraction of sp³-hybridized carbons (Fsp3) is 0.400. The molecule has 27 heavy (non-hydrogen) atoms. The van der Waals surface area contributed by atoms with Gasteiger partial charge < -0.3 is 10.1 Å². The molecule has 2 heterocycles. The lowest BCUT2D eigenvalue weighted by Crippen LogP contribution is -2.38. The molecule has 7 heteroatoms. The van der Waals surface area contributed by atoms with Crippen molar-refractivity contribution in [3.63, 3.8) is 0 Å². The van der Waals surface area contributed by atoms with Gasteiger partial charge in [-0.25, -0.2) is 4.39 Å². The van der Waals surface area contributed by atoms with Crippen LogP contribution >= 0.6 is 11.3 Å². The van der Waals surface area contributed by atoms with Crippen LogP contribution in [-0.4, -0.2) is 42.5 Å². The van der Waals surface area contributed by atoms with Crippen LogP contribution in [0, 0.1) is 12.7 Å². The van der Waals surface area contributed by atoms with Crippen LogP contribution in [0.1, 0.15) is 21.7 Å². The van der Waals surface area contributed by atoms with E-state index in [4.69, 9.17) is 4.74 Å². The van der Waals surface area contributed by atoms with Gasteiger partial charge in [-0.15, -0.1) is 11.3 Å². The summed E-state index contributed by atoms with van der Waals surface area (Å²) in [5, 5.41) is 2.99. The Morgan fingerprint density at radius 3 is 2.63 bits per heavy atom. The Bertz CT molecular complexity index is 806. The van der Waals surface area contributed by atoms with Gasteiger partial charge in [-0.1, -0.05) is 12.1 Å². The normalized spacial score (nSPS) is 19.8. The molecule has 2 aromatic rings. The summed E-state index contributed by atoms with van der Waals surface area (Å²) in [5.41, 5.74) is 0.752. The number of carbonyl (C=O) groups excluding carboxylic acids is 2. The van der Waals surface area contributed by atoms with Crippen molar-refractivity contribution in [1.82, 2.24) is 10.2 Å². The summed E-state index contributed by atoms with van der Waals surface area (Å²) in [7, 11) is 1.39. The van der Waals surface area contributed by atoms with Crippen molar-refractivity contribution in [1.29, 1.82) is 0 Å². The first kappa shape index (κ1) is 19.5. The smallest absolute Gasteiger partial charge is 0.323 e. The molecular weight excluding hydrogens is 367 g/mol. The van der Waals surface area contributed by atoms with E-state index in [9.17, 15) is 14.0 Å². The van der Waals surface area contributed by atoms with Gasteiger partial charge in [0.05, 0.1) is 13.5 Å². The topological polar surface area (TPSA) is 58.6 Å². The molecule has 0 radical (unpaired) electrons. The molecule has 1 amide bonds. The van der Waals surface area contributed by atoms with Gasteiger partial charge in [0.2, 0.25) is 5.91 Å². The fourth-order valence-corrected chi connectivity index (χ4v) is 4.32. The number of hydrogen-bond acceptors (Lipinski definition) is 5. The summed E-state index contributed by atoms with van der Waals surface area (Å²) in [6, 6.07) is 9.53. The van der Waals surface area contributed by atoms with Crippen LogP contribution in [-0.2, 0) is 27.3 Å². The van der Waals surface area contributed by atoms with E-state index in [0.29, 0.717) is 19.5 Å². The number of amides is 1. The Balaban J connectivity index is 1.61. The molecule has 1 saturated heterocycles. The molecule has 0 spiro atoms. The van der Waals surface area contributed by atoms with Crippen LogP contribution in [0.5, 0.6) is 0 Å². The molecule has 0 bridgehead atoms. The molecule has 5 nitrogen and oxygen atoms in total. The summed E-state index contributed by atoms with van der Waals surface area (Å²) < 4.78 is 17.9. The molecule has 0 saturated carbocycles. The Hall–Kier alpha value is -2.25. The molecule has 1 aliphatic rings. The molecule has 1 aromatic heterocycles. The van der Waals surface area contributed by atoms with E-state index in [2.05, 4.69) is 29.3 Å². The molecule has 144 valence electrons. The molecule has 1 N–H and O–H groups in total. The van der Waals surface area contributed by atoms with Gasteiger partial charge >= 0.3 is 5.97 Å². The molecule has 1 aliphatic heterocycles. The zero-order valence-corrected chi connectivity index (χ0v) is 16.2. The lowest BCUT2D eigenvalue weighted by atomic mass is 10.1. The zero-order chi connectivity index (χ0) is 19.4. The third-order valence-electron chi connectivity index (χ3n) is 4.67. The summed E-state index contributed by atoms with van der Waals surface area (Å²) >= 11 is 1.70. The number of carbonyl (C=O) groups is 2. The van der Waals surface area contributed by atoms with Crippen LogP contribution < -0.4 is 5.32 Å². The monoisotopic (exact) mass is 390 g/mol. The first-order valence-corrected chi connectivity index (χ1v) is 9.67. The first-order chi connectivity index (χ1) is 12.9. The van der Waals surface area contributed by atoms with Crippen LogP contribution in [0.2, 0.25) is 0 Å². The molecule has 0 unspecified atom stereocenters. The first-order valence-electron chi connectivity index (χ1n) is 8.85. The number of methoxy groups -OCH3 is 1. The second-order valence-corrected chi connectivity index (χ2v) is 8.16. The number of nitrogens with one attached hydrogen (secondary N) is 1. The third kappa shape index (κ3) is 5.14. The van der Waals surface area contributed by atoms with Gasteiger partial charge in [0.1, 0.15) is 11.9 Å². The Kier molecular flexibility index (Phi) is 6.23. The van der Waals surface area contributed by atoms with Crippen molar-refractivity contribution >= 4 is 23.2 Å². The van der Waals surface area contributed by atoms with Crippen molar-refractivity contribution in [2.24, 2.45) is 0 Å². The van der Waals surface area contributed by atoms with Gasteiger partial charge in [0, 0.05) is 28.9 Å². The lowest BCUT2D eigenvalue weighted by Gasteiger charge is -2.21. The maximum atomic E-state index is 13.0. The van der Waals surface area contributed by atoms with Crippen molar-refractivity contribution in [3.8, 4) is 0 Å². The highest BCUT2D eigenvalue weighted by atomic mass is 32.1. The number of hydrogen-bond donors (Lipinski definition) is 1. The van der Waals surface area contributed by atoms with Crippen molar-refractivity contribution < 1.29 is 18.7 Å². The van der Waals surface area contributed by atoms with Crippen molar-refractivity contribution in [2.45, 2.75) is 38.4 Å². The van der Waals surface area contributed by atoms with E-state index in [1.807, 2.05) is 0 Å².